The van der Waals surface area contributed by atoms with Crippen LogP contribution in [0.3, 0.4) is 0 Å². The summed E-state index contributed by atoms with van der Waals surface area (Å²) in [4.78, 5) is 37.6. The van der Waals surface area contributed by atoms with Gasteiger partial charge in [-0.1, -0.05) is 12.1 Å². The maximum atomic E-state index is 12.9. The second-order valence-corrected chi connectivity index (χ2v) is 7.87. The first kappa shape index (κ1) is 20.8. The lowest BCUT2D eigenvalue weighted by Crippen LogP contribution is -2.41. The van der Waals surface area contributed by atoms with Crippen LogP contribution in [-0.4, -0.2) is 47.5 Å². The van der Waals surface area contributed by atoms with Gasteiger partial charge < -0.3 is 14.4 Å². The largest absolute Gasteiger partial charge is 0.493 e. The summed E-state index contributed by atoms with van der Waals surface area (Å²) in [6, 6.07) is 9.64. The van der Waals surface area contributed by atoms with Crippen LogP contribution >= 0.6 is 0 Å². The lowest BCUT2D eigenvalue weighted by atomic mass is 10.1. The van der Waals surface area contributed by atoms with E-state index < -0.39 is 16.9 Å². The molecule has 0 bridgehead atoms. The van der Waals surface area contributed by atoms with Gasteiger partial charge in [-0.3, -0.25) is 14.9 Å². The molecule has 2 aliphatic rings. The molecule has 2 heterocycles. The number of ether oxygens (including phenoxy) is 2. The van der Waals surface area contributed by atoms with Crippen molar-refractivity contribution in [1.29, 1.82) is 0 Å². The monoisotopic (exact) mass is 424 g/mol. The number of carbonyl (C=O) groups is 2. The first-order valence-corrected chi connectivity index (χ1v) is 10.4. The third-order valence-electron chi connectivity index (χ3n) is 5.82. The number of nitrogens with zero attached hydrogens (tertiary/aromatic N) is 2. The summed E-state index contributed by atoms with van der Waals surface area (Å²) in [5.41, 5.74) is 2.97. The van der Waals surface area contributed by atoms with Crippen molar-refractivity contribution in [3.8, 4) is 5.75 Å². The summed E-state index contributed by atoms with van der Waals surface area (Å²) >= 11 is 0. The van der Waals surface area contributed by atoms with Gasteiger partial charge in [-0.25, -0.2) is 4.79 Å². The fourth-order valence-electron chi connectivity index (χ4n) is 4.18. The predicted octanol–water partition coefficient (Wildman–Crippen LogP) is 3.23. The van der Waals surface area contributed by atoms with Crippen LogP contribution < -0.4 is 4.74 Å². The molecule has 0 N–H and O–H groups in total. The number of benzene rings is 2. The number of amides is 1. The van der Waals surface area contributed by atoms with Gasteiger partial charge in [-0.15, -0.1) is 0 Å². The Balaban J connectivity index is 1.36. The zero-order chi connectivity index (χ0) is 22.0. The Kier molecular flexibility index (Phi) is 5.88. The molecular formula is C23H24N2O6. The summed E-state index contributed by atoms with van der Waals surface area (Å²) in [5.74, 6) is 0.201. The topological polar surface area (TPSA) is 99.0 Å². The highest BCUT2D eigenvalue weighted by molar-refractivity contribution is 5.97. The fourth-order valence-corrected chi connectivity index (χ4v) is 4.18. The van der Waals surface area contributed by atoms with Crippen molar-refractivity contribution in [2.75, 3.05) is 19.8 Å². The van der Waals surface area contributed by atoms with Gasteiger partial charge in [0.05, 0.1) is 18.1 Å². The Morgan fingerprint density at radius 2 is 2.10 bits per heavy atom. The van der Waals surface area contributed by atoms with E-state index in [1.807, 2.05) is 12.1 Å². The molecule has 162 valence electrons. The van der Waals surface area contributed by atoms with Crippen LogP contribution in [0.15, 0.2) is 36.4 Å². The number of nitro groups is 1. The van der Waals surface area contributed by atoms with E-state index in [-0.39, 0.29) is 18.2 Å². The molecule has 2 aromatic rings. The number of nitro benzene ring substituents is 1. The van der Waals surface area contributed by atoms with E-state index in [2.05, 4.69) is 6.07 Å². The number of esters is 1. The van der Waals surface area contributed by atoms with Gasteiger partial charge in [0.15, 0.2) is 0 Å². The molecular weight excluding hydrogens is 400 g/mol. The predicted molar refractivity (Wildman–Crippen MR) is 112 cm³/mol. The Morgan fingerprint density at radius 1 is 1.26 bits per heavy atom. The third kappa shape index (κ3) is 4.38. The first-order valence-electron chi connectivity index (χ1n) is 10.4. The zero-order valence-corrected chi connectivity index (χ0v) is 17.3. The highest BCUT2D eigenvalue weighted by Gasteiger charge is 2.36. The molecule has 8 nitrogen and oxygen atoms in total. The van der Waals surface area contributed by atoms with Gasteiger partial charge in [0.25, 0.3) is 11.6 Å². The zero-order valence-electron chi connectivity index (χ0n) is 17.3. The molecule has 1 unspecified atom stereocenters. The molecule has 1 amide bonds. The molecule has 2 aromatic carbocycles. The summed E-state index contributed by atoms with van der Waals surface area (Å²) in [7, 11) is 0. The molecule has 2 aliphatic heterocycles. The number of hydrogen-bond donors (Lipinski definition) is 0. The number of hydrogen-bond acceptors (Lipinski definition) is 6. The maximum absolute atomic E-state index is 12.9. The molecule has 1 fully saturated rings. The molecule has 4 rings (SSSR count). The molecule has 1 atom stereocenters. The standard InChI is InChI=1S/C23H24N2O6/c1-15-13-18(5-6-19(15)25(28)29)22(26)24-10-2-3-20(24)23(27)31-11-8-16-4-7-21-17(14-16)9-12-30-21/h4-7,13-14,20H,2-3,8-12H2,1H3. The lowest BCUT2D eigenvalue weighted by molar-refractivity contribution is -0.385. The van der Waals surface area contributed by atoms with Gasteiger partial charge in [0, 0.05) is 36.6 Å². The van der Waals surface area contributed by atoms with E-state index in [4.69, 9.17) is 9.47 Å². The Hall–Kier alpha value is -3.42. The van der Waals surface area contributed by atoms with Crippen molar-refractivity contribution in [2.45, 2.75) is 38.6 Å². The van der Waals surface area contributed by atoms with Gasteiger partial charge in [0.2, 0.25) is 0 Å². The molecule has 8 heteroatoms. The summed E-state index contributed by atoms with van der Waals surface area (Å²) in [6.07, 6.45) is 2.75. The van der Waals surface area contributed by atoms with Gasteiger partial charge in [-0.05, 0) is 49.1 Å². The number of fused-ring (bicyclic) bond motifs is 1. The molecule has 0 aromatic heterocycles. The van der Waals surface area contributed by atoms with Crippen molar-refractivity contribution >= 4 is 17.6 Å². The van der Waals surface area contributed by atoms with Crippen molar-refractivity contribution in [1.82, 2.24) is 4.90 Å². The van der Waals surface area contributed by atoms with E-state index >= 15 is 0 Å². The van der Waals surface area contributed by atoms with Crippen molar-refractivity contribution in [3.63, 3.8) is 0 Å². The third-order valence-corrected chi connectivity index (χ3v) is 5.82. The quantitative estimate of drug-likeness (QED) is 0.401. The van der Waals surface area contributed by atoms with E-state index in [1.165, 1.54) is 28.7 Å². The average Bonchev–Trinajstić information content (AvgIpc) is 3.42. The average molecular weight is 424 g/mol. The highest BCUT2D eigenvalue weighted by atomic mass is 16.6. The number of likely N-dealkylation sites (tertiary alicyclic amines) is 1. The van der Waals surface area contributed by atoms with Crippen LogP contribution in [0.4, 0.5) is 5.69 Å². The SMILES string of the molecule is Cc1cc(C(=O)N2CCCC2C(=O)OCCc2ccc3c(c2)CCO3)ccc1[N+](=O)[O-]. The number of rotatable bonds is 6. The van der Waals surface area contributed by atoms with E-state index in [1.54, 1.807) is 6.92 Å². The Morgan fingerprint density at radius 3 is 2.87 bits per heavy atom. The fraction of sp³-hybridized carbons (Fsp3) is 0.391. The summed E-state index contributed by atoms with van der Waals surface area (Å²) in [5, 5.41) is 11.0. The van der Waals surface area contributed by atoms with Crippen LogP contribution in [0.25, 0.3) is 0 Å². The second-order valence-electron chi connectivity index (χ2n) is 7.87. The Bertz CT molecular complexity index is 1030. The number of carbonyl (C=O) groups excluding carboxylic acids is 2. The van der Waals surface area contributed by atoms with Crippen LogP contribution in [0.2, 0.25) is 0 Å². The van der Waals surface area contributed by atoms with Crippen molar-refractivity contribution in [3.05, 3.63) is 68.8 Å². The van der Waals surface area contributed by atoms with Gasteiger partial charge in [-0.2, -0.15) is 0 Å². The smallest absolute Gasteiger partial charge is 0.328 e. The van der Waals surface area contributed by atoms with Crippen molar-refractivity contribution in [2.24, 2.45) is 0 Å². The van der Waals surface area contributed by atoms with Crippen LogP contribution in [0, 0.1) is 17.0 Å². The molecule has 31 heavy (non-hydrogen) atoms. The van der Waals surface area contributed by atoms with Gasteiger partial charge >= 0.3 is 5.97 Å². The molecule has 0 aliphatic carbocycles. The summed E-state index contributed by atoms with van der Waals surface area (Å²) < 4.78 is 11.0. The highest BCUT2D eigenvalue weighted by Crippen LogP contribution is 2.27. The minimum absolute atomic E-state index is 0.0351. The molecule has 0 spiro atoms. The first-order chi connectivity index (χ1) is 14.9. The number of aryl methyl sites for hydroxylation is 1. The lowest BCUT2D eigenvalue weighted by Gasteiger charge is -2.23. The van der Waals surface area contributed by atoms with Crippen LogP contribution in [-0.2, 0) is 22.4 Å². The van der Waals surface area contributed by atoms with Crippen molar-refractivity contribution < 1.29 is 24.0 Å². The van der Waals surface area contributed by atoms with E-state index in [0.29, 0.717) is 43.5 Å². The molecule has 0 radical (unpaired) electrons. The molecule has 0 saturated carbocycles. The molecule has 1 saturated heterocycles. The van der Waals surface area contributed by atoms with E-state index in [0.717, 1.165) is 17.7 Å². The van der Waals surface area contributed by atoms with Gasteiger partial charge in [0.1, 0.15) is 11.8 Å². The normalized spacial score (nSPS) is 17.2. The minimum Gasteiger partial charge on any atom is -0.493 e. The van der Waals surface area contributed by atoms with E-state index in [9.17, 15) is 19.7 Å². The Labute approximate surface area is 179 Å². The van der Waals surface area contributed by atoms with Crippen LogP contribution in [0.1, 0.15) is 39.9 Å². The van der Waals surface area contributed by atoms with Crippen LogP contribution in [0.5, 0.6) is 5.75 Å². The minimum atomic E-state index is -0.628. The second kappa shape index (κ2) is 8.75. The summed E-state index contributed by atoms with van der Waals surface area (Å²) in [6.45, 7) is 3.00. The maximum Gasteiger partial charge on any atom is 0.328 e.